The fraction of sp³-hybridized carbons (Fsp3) is 0. The molecule has 0 aliphatic rings. The van der Waals surface area contributed by atoms with Crippen LogP contribution in [0, 0.1) is 10.1 Å². The first kappa shape index (κ1) is 14.1. The topological polar surface area (TPSA) is 128 Å². The Morgan fingerprint density at radius 3 is 2.40 bits per heavy atom. The Morgan fingerprint density at radius 2 is 1.90 bits per heavy atom. The maximum atomic E-state index is 11.9. The fourth-order valence-electron chi connectivity index (χ4n) is 1.20. The smallest absolute Gasteiger partial charge is 0.358 e. The number of nitrogens with zero attached hydrogens (tertiary/aromatic N) is 4. The lowest BCUT2D eigenvalue weighted by Crippen LogP contribution is -2.14. The van der Waals surface area contributed by atoms with Gasteiger partial charge in [-0.05, 0) is 16.0 Å². The summed E-state index contributed by atoms with van der Waals surface area (Å²) in [6, 6.07) is 2.05. The normalized spacial score (nSPS) is 11.1. The van der Waals surface area contributed by atoms with Crippen LogP contribution < -0.4 is 4.72 Å². The van der Waals surface area contributed by atoms with Gasteiger partial charge < -0.3 is 10.1 Å². The number of anilines is 1. The summed E-state index contributed by atoms with van der Waals surface area (Å²) in [5.41, 5.74) is 0. The molecular formula is C9H6ClN5O4S. The maximum absolute atomic E-state index is 11.9. The Bertz CT molecular complexity index is 732. The van der Waals surface area contributed by atoms with E-state index in [2.05, 4.69) is 19.7 Å². The number of hydrogen-bond acceptors (Lipinski definition) is 7. The summed E-state index contributed by atoms with van der Waals surface area (Å²) in [5, 5.41) is 10.5. The predicted molar refractivity (Wildman–Crippen MR) is 68.7 cm³/mol. The van der Waals surface area contributed by atoms with Crippen molar-refractivity contribution in [3.63, 3.8) is 0 Å². The summed E-state index contributed by atoms with van der Waals surface area (Å²) in [4.78, 5) is 20.3. The zero-order valence-electron chi connectivity index (χ0n) is 9.59. The van der Waals surface area contributed by atoms with Crippen LogP contribution >= 0.6 is 11.6 Å². The van der Waals surface area contributed by atoms with Gasteiger partial charge in [-0.2, -0.15) is 0 Å². The molecule has 0 unspecified atom stereocenters. The van der Waals surface area contributed by atoms with Gasteiger partial charge in [0.25, 0.3) is 10.0 Å². The first-order valence-electron chi connectivity index (χ1n) is 4.99. The molecule has 11 heteroatoms. The van der Waals surface area contributed by atoms with E-state index in [1.165, 1.54) is 6.20 Å². The van der Waals surface area contributed by atoms with Crippen molar-refractivity contribution in [2.24, 2.45) is 0 Å². The van der Waals surface area contributed by atoms with E-state index in [-0.39, 0.29) is 15.9 Å². The quantitative estimate of drug-likeness (QED) is 0.663. The molecule has 104 valence electrons. The summed E-state index contributed by atoms with van der Waals surface area (Å²) >= 11 is 5.52. The molecule has 0 atom stereocenters. The summed E-state index contributed by atoms with van der Waals surface area (Å²) in [6.45, 7) is 0. The molecule has 0 aliphatic carbocycles. The minimum atomic E-state index is -3.95. The van der Waals surface area contributed by atoms with Crippen LogP contribution in [-0.4, -0.2) is 28.3 Å². The highest BCUT2D eigenvalue weighted by atomic mass is 35.5. The van der Waals surface area contributed by atoms with Crippen molar-refractivity contribution in [2.45, 2.75) is 4.90 Å². The van der Waals surface area contributed by atoms with Gasteiger partial charge in [-0.25, -0.2) is 18.4 Å². The van der Waals surface area contributed by atoms with Gasteiger partial charge in [-0.15, -0.1) is 0 Å². The third kappa shape index (κ3) is 3.16. The molecule has 2 aromatic rings. The molecule has 2 aromatic heterocycles. The lowest BCUT2D eigenvalue weighted by molar-refractivity contribution is -0.389. The molecule has 2 heterocycles. The van der Waals surface area contributed by atoms with Gasteiger partial charge in [0.2, 0.25) is 0 Å². The van der Waals surface area contributed by atoms with Gasteiger partial charge >= 0.3 is 5.82 Å². The largest absolute Gasteiger partial charge is 0.363 e. The summed E-state index contributed by atoms with van der Waals surface area (Å²) in [5.74, 6) is -0.483. The number of nitro groups is 1. The van der Waals surface area contributed by atoms with Gasteiger partial charge in [0, 0.05) is 6.07 Å². The molecule has 0 spiro atoms. The van der Waals surface area contributed by atoms with Gasteiger partial charge in [0.15, 0.2) is 12.0 Å². The van der Waals surface area contributed by atoms with Crippen LogP contribution in [0.2, 0.25) is 5.15 Å². The van der Waals surface area contributed by atoms with Gasteiger partial charge in [0.05, 0.1) is 12.4 Å². The highest BCUT2D eigenvalue weighted by Gasteiger charge is 2.18. The minimum absolute atomic E-state index is 0.0345. The van der Waals surface area contributed by atoms with E-state index < -0.39 is 20.8 Å². The molecule has 20 heavy (non-hydrogen) atoms. The Labute approximate surface area is 117 Å². The Morgan fingerprint density at radius 1 is 1.15 bits per heavy atom. The predicted octanol–water partition coefficient (Wildman–Crippen LogP) is 1.23. The summed E-state index contributed by atoms with van der Waals surface area (Å²) in [7, 11) is -3.95. The van der Waals surface area contributed by atoms with Crippen molar-refractivity contribution in [2.75, 3.05) is 4.72 Å². The van der Waals surface area contributed by atoms with Crippen LogP contribution in [0.4, 0.5) is 11.6 Å². The highest BCUT2D eigenvalue weighted by molar-refractivity contribution is 7.92. The molecule has 1 N–H and O–H groups in total. The van der Waals surface area contributed by atoms with Crippen molar-refractivity contribution in [3.05, 3.63) is 46.0 Å². The van der Waals surface area contributed by atoms with E-state index >= 15 is 0 Å². The Balaban J connectivity index is 2.26. The van der Waals surface area contributed by atoms with E-state index in [9.17, 15) is 18.5 Å². The van der Waals surface area contributed by atoms with E-state index in [0.717, 1.165) is 24.5 Å². The lowest BCUT2D eigenvalue weighted by Gasteiger charge is -2.05. The molecule has 0 fully saturated rings. The molecule has 0 aromatic carbocycles. The SMILES string of the molecule is O=[N+]([O-])c1ccc(S(=O)(=O)Nc2cnc(Cl)cn2)cn1. The van der Waals surface area contributed by atoms with Crippen LogP contribution in [0.3, 0.4) is 0 Å². The summed E-state index contributed by atoms with van der Waals surface area (Å²) in [6.07, 6.45) is 3.19. The molecule has 9 nitrogen and oxygen atoms in total. The number of aromatic nitrogens is 3. The standard InChI is InChI=1S/C9H6ClN5O4S/c10-7-4-12-8(5-11-7)14-20(18,19)6-1-2-9(13-3-6)15(16)17/h1-5H,(H,12,14). The van der Waals surface area contributed by atoms with E-state index in [0.29, 0.717) is 0 Å². The average Bonchev–Trinajstić information content (AvgIpc) is 2.41. The molecular weight excluding hydrogens is 310 g/mol. The van der Waals surface area contributed by atoms with Gasteiger partial charge in [-0.3, -0.25) is 4.72 Å². The number of hydrogen-bond donors (Lipinski definition) is 1. The van der Waals surface area contributed by atoms with Crippen LogP contribution in [0.25, 0.3) is 0 Å². The fourth-order valence-corrected chi connectivity index (χ4v) is 2.24. The number of nitrogens with one attached hydrogen (secondary N) is 1. The van der Waals surface area contributed by atoms with Crippen molar-refractivity contribution >= 4 is 33.3 Å². The second-order valence-corrected chi connectivity index (χ2v) is 5.51. The second kappa shape index (κ2) is 5.35. The van der Waals surface area contributed by atoms with Crippen LogP contribution in [-0.2, 0) is 10.0 Å². The molecule has 0 saturated heterocycles. The zero-order chi connectivity index (χ0) is 14.8. The molecule has 0 aliphatic heterocycles. The first-order valence-corrected chi connectivity index (χ1v) is 6.85. The van der Waals surface area contributed by atoms with Crippen LogP contribution in [0.1, 0.15) is 0 Å². The summed E-state index contributed by atoms with van der Waals surface area (Å²) < 4.78 is 26.0. The van der Waals surface area contributed by atoms with Gasteiger partial charge in [0.1, 0.15) is 10.0 Å². The third-order valence-corrected chi connectivity index (χ3v) is 3.61. The van der Waals surface area contributed by atoms with Crippen molar-refractivity contribution in [1.29, 1.82) is 0 Å². The maximum Gasteiger partial charge on any atom is 0.363 e. The molecule has 2 rings (SSSR count). The minimum Gasteiger partial charge on any atom is -0.358 e. The van der Waals surface area contributed by atoms with Crippen molar-refractivity contribution < 1.29 is 13.3 Å². The van der Waals surface area contributed by atoms with E-state index in [1.807, 2.05) is 0 Å². The number of sulfonamides is 1. The van der Waals surface area contributed by atoms with E-state index in [1.54, 1.807) is 0 Å². The van der Waals surface area contributed by atoms with Crippen LogP contribution in [0.15, 0.2) is 35.6 Å². The first-order chi connectivity index (χ1) is 9.38. The zero-order valence-corrected chi connectivity index (χ0v) is 11.2. The second-order valence-electron chi connectivity index (χ2n) is 3.44. The lowest BCUT2D eigenvalue weighted by atomic mass is 10.5. The monoisotopic (exact) mass is 315 g/mol. The average molecular weight is 316 g/mol. The van der Waals surface area contributed by atoms with Crippen molar-refractivity contribution in [1.82, 2.24) is 15.0 Å². The highest BCUT2D eigenvalue weighted by Crippen LogP contribution is 2.15. The number of halogens is 1. The third-order valence-electron chi connectivity index (χ3n) is 2.08. The number of pyridine rings is 1. The Kier molecular flexibility index (Phi) is 3.77. The molecule has 0 radical (unpaired) electrons. The van der Waals surface area contributed by atoms with Crippen molar-refractivity contribution in [3.8, 4) is 0 Å². The van der Waals surface area contributed by atoms with Crippen LogP contribution in [0.5, 0.6) is 0 Å². The number of rotatable bonds is 4. The Hall–Kier alpha value is -2.33. The molecule has 0 bridgehead atoms. The van der Waals surface area contributed by atoms with E-state index in [4.69, 9.17) is 11.6 Å². The molecule has 0 amide bonds. The van der Waals surface area contributed by atoms with Gasteiger partial charge in [-0.1, -0.05) is 11.6 Å². The molecule has 0 saturated carbocycles.